The van der Waals surface area contributed by atoms with Crippen LogP contribution in [0.2, 0.25) is 0 Å². The minimum Gasteiger partial charge on any atom is -0.481 e. The minimum atomic E-state index is -0.793. The lowest BCUT2D eigenvalue weighted by Gasteiger charge is -1.98. The van der Waals surface area contributed by atoms with Crippen molar-refractivity contribution in [3.8, 4) is 10.6 Å². The van der Waals surface area contributed by atoms with Crippen molar-refractivity contribution >= 4 is 17.3 Å². The third-order valence-electron chi connectivity index (χ3n) is 2.65. The van der Waals surface area contributed by atoms with E-state index in [0.717, 1.165) is 21.1 Å². The Labute approximate surface area is 115 Å². The Balaban J connectivity index is 2.26. The second kappa shape index (κ2) is 6.45. The lowest BCUT2D eigenvalue weighted by Crippen LogP contribution is -1.99. The van der Waals surface area contributed by atoms with Gasteiger partial charge in [-0.25, -0.2) is 4.98 Å². The highest BCUT2D eigenvalue weighted by molar-refractivity contribution is 7.15. The van der Waals surface area contributed by atoms with Gasteiger partial charge in [-0.1, -0.05) is 30.3 Å². The summed E-state index contributed by atoms with van der Waals surface area (Å²) in [7, 11) is 1.61. The van der Waals surface area contributed by atoms with Gasteiger partial charge in [-0.2, -0.15) is 0 Å². The number of benzene rings is 1. The molecule has 4 nitrogen and oxygen atoms in total. The van der Waals surface area contributed by atoms with Gasteiger partial charge in [0.25, 0.3) is 0 Å². The molecule has 2 aromatic rings. The topological polar surface area (TPSA) is 59.4 Å². The predicted octanol–water partition coefficient (Wildman–Crippen LogP) is 2.97. The molecule has 2 rings (SSSR count). The number of nitrogens with zero attached hydrogens (tertiary/aromatic N) is 1. The molecule has 100 valence electrons. The molecule has 0 saturated heterocycles. The highest BCUT2D eigenvalue weighted by atomic mass is 32.1. The quantitative estimate of drug-likeness (QED) is 0.882. The standard InChI is InChI=1S/C14H15NO3S/c1-18-9-11-12(7-8-13(16)17)19-14(15-11)10-5-3-2-4-6-10/h2-6H,7-9H2,1H3,(H,16,17). The number of rotatable bonds is 6. The second-order valence-corrected chi connectivity index (χ2v) is 5.17. The molecule has 1 heterocycles. The van der Waals surface area contributed by atoms with E-state index in [0.29, 0.717) is 13.0 Å². The number of methoxy groups -OCH3 is 1. The predicted molar refractivity (Wildman–Crippen MR) is 74.2 cm³/mol. The van der Waals surface area contributed by atoms with Gasteiger partial charge in [0, 0.05) is 17.6 Å². The third-order valence-corrected chi connectivity index (χ3v) is 3.85. The monoisotopic (exact) mass is 277 g/mol. The molecule has 1 aromatic heterocycles. The van der Waals surface area contributed by atoms with Gasteiger partial charge >= 0.3 is 5.97 Å². The van der Waals surface area contributed by atoms with Crippen molar-refractivity contribution in [2.24, 2.45) is 0 Å². The largest absolute Gasteiger partial charge is 0.481 e. The van der Waals surface area contributed by atoms with Crippen LogP contribution in [0.15, 0.2) is 30.3 Å². The SMILES string of the molecule is COCc1nc(-c2ccccc2)sc1CCC(=O)O. The molecule has 0 bridgehead atoms. The number of hydrogen-bond acceptors (Lipinski definition) is 4. The number of ether oxygens (including phenoxy) is 1. The molecular formula is C14H15NO3S. The number of carbonyl (C=O) groups is 1. The van der Waals surface area contributed by atoms with E-state index in [1.54, 1.807) is 18.4 Å². The maximum Gasteiger partial charge on any atom is 0.303 e. The molecule has 0 unspecified atom stereocenters. The summed E-state index contributed by atoms with van der Waals surface area (Å²) in [5, 5.41) is 9.68. The van der Waals surface area contributed by atoms with Crippen LogP contribution in [0.5, 0.6) is 0 Å². The lowest BCUT2D eigenvalue weighted by molar-refractivity contribution is -0.136. The molecule has 0 spiro atoms. The average molecular weight is 277 g/mol. The smallest absolute Gasteiger partial charge is 0.303 e. The minimum absolute atomic E-state index is 0.118. The fourth-order valence-electron chi connectivity index (χ4n) is 1.75. The fraction of sp³-hybridized carbons (Fsp3) is 0.286. The molecule has 0 aliphatic rings. The van der Waals surface area contributed by atoms with Gasteiger partial charge in [0.05, 0.1) is 18.7 Å². The number of carboxylic acid groups (broad SMARTS) is 1. The second-order valence-electron chi connectivity index (χ2n) is 4.08. The molecule has 0 amide bonds. The molecule has 5 heteroatoms. The van der Waals surface area contributed by atoms with Crippen LogP contribution < -0.4 is 0 Å². The molecule has 0 radical (unpaired) electrons. The van der Waals surface area contributed by atoms with Crippen LogP contribution in [-0.2, 0) is 22.6 Å². The summed E-state index contributed by atoms with van der Waals surface area (Å²) >= 11 is 1.54. The van der Waals surface area contributed by atoms with Gasteiger partial charge in [-0.05, 0) is 6.42 Å². The van der Waals surface area contributed by atoms with E-state index in [-0.39, 0.29) is 6.42 Å². The number of carboxylic acids is 1. The van der Waals surface area contributed by atoms with E-state index in [4.69, 9.17) is 9.84 Å². The highest BCUT2D eigenvalue weighted by Gasteiger charge is 2.13. The Morgan fingerprint density at radius 1 is 1.37 bits per heavy atom. The number of aromatic nitrogens is 1. The molecule has 0 saturated carbocycles. The van der Waals surface area contributed by atoms with Gasteiger partial charge in [0.2, 0.25) is 0 Å². The van der Waals surface area contributed by atoms with Crippen molar-refractivity contribution in [3.63, 3.8) is 0 Å². The molecular weight excluding hydrogens is 262 g/mol. The van der Waals surface area contributed by atoms with Crippen molar-refractivity contribution in [3.05, 3.63) is 40.9 Å². The maximum absolute atomic E-state index is 10.7. The highest BCUT2D eigenvalue weighted by Crippen LogP contribution is 2.29. The fourth-order valence-corrected chi connectivity index (χ4v) is 2.82. The van der Waals surface area contributed by atoms with Crippen LogP contribution in [0.3, 0.4) is 0 Å². The van der Waals surface area contributed by atoms with E-state index in [2.05, 4.69) is 4.98 Å². The summed E-state index contributed by atoms with van der Waals surface area (Å²) in [4.78, 5) is 16.2. The van der Waals surface area contributed by atoms with Crippen LogP contribution in [0, 0.1) is 0 Å². The van der Waals surface area contributed by atoms with Crippen molar-refractivity contribution in [1.82, 2.24) is 4.98 Å². The number of hydrogen-bond donors (Lipinski definition) is 1. The van der Waals surface area contributed by atoms with Gasteiger partial charge in [0.15, 0.2) is 0 Å². The van der Waals surface area contributed by atoms with Crippen molar-refractivity contribution in [1.29, 1.82) is 0 Å². The summed E-state index contributed by atoms with van der Waals surface area (Å²) in [5.41, 5.74) is 1.89. The molecule has 1 N–H and O–H groups in total. The first-order valence-corrected chi connectivity index (χ1v) is 6.77. The summed E-state index contributed by atoms with van der Waals surface area (Å²) in [6, 6.07) is 9.87. The van der Waals surface area contributed by atoms with Gasteiger partial charge in [-0.3, -0.25) is 4.79 Å². The number of aryl methyl sites for hydroxylation is 1. The van der Waals surface area contributed by atoms with E-state index in [1.165, 1.54) is 0 Å². The maximum atomic E-state index is 10.7. The summed E-state index contributed by atoms with van der Waals surface area (Å²) in [5.74, 6) is -0.793. The number of aliphatic carboxylic acids is 1. The van der Waals surface area contributed by atoms with E-state index in [1.807, 2.05) is 30.3 Å². The summed E-state index contributed by atoms with van der Waals surface area (Å²) in [6.07, 6.45) is 0.617. The lowest BCUT2D eigenvalue weighted by atomic mass is 10.2. The van der Waals surface area contributed by atoms with Crippen LogP contribution >= 0.6 is 11.3 Å². The van der Waals surface area contributed by atoms with Gasteiger partial charge < -0.3 is 9.84 Å². The molecule has 19 heavy (non-hydrogen) atoms. The van der Waals surface area contributed by atoms with Gasteiger partial charge in [-0.15, -0.1) is 11.3 Å². The Bertz CT molecular complexity index is 551. The molecule has 0 atom stereocenters. The molecule has 1 aromatic carbocycles. The van der Waals surface area contributed by atoms with Crippen LogP contribution in [0.25, 0.3) is 10.6 Å². The summed E-state index contributed by atoms with van der Waals surface area (Å²) < 4.78 is 5.12. The Morgan fingerprint density at radius 2 is 2.11 bits per heavy atom. The van der Waals surface area contributed by atoms with Crippen molar-refractivity contribution < 1.29 is 14.6 Å². The van der Waals surface area contributed by atoms with Crippen LogP contribution in [0.4, 0.5) is 0 Å². The first-order chi connectivity index (χ1) is 9.20. The van der Waals surface area contributed by atoms with Crippen LogP contribution in [0.1, 0.15) is 17.0 Å². The first kappa shape index (κ1) is 13.7. The Hall–Kier alpha value is -1.72. The zero-order chi connectivity index (χ0) is 13.7. The summed E-state index contributed by atoms with van der Waals surface area (Å²) in [6.45, 7) is 0.415. The zero-order valence-electron chi connectivity index (χ0n) is 10.6. The van der Waals surface area contributed by atoms with E-state index >= 15 is 0 Å². The van der Waals surface area contributed by atoms with Crippen LogP contribution in [-0.4, -0.2) is 23.2 Å². The van der Waals surface area contributed by atoms with E-state index < -0.39 is 5.97 Å². The molecule has 0 aliphatic carbocycles. The van der Waals surface area contributed by atoms with Crippen molar-refractivity contribution in [2.75, 3.05) is 7.11 Å². The third kappa shape index (κ3) is 3.62. The van der Waals surface area contributed by atoms with Crippen molar-refractivity contribution in [2.45, 2.75) is 19.4 Å². The first-order valence-electron chi connectivity index (χ1n) is 5.95. The molecule has 0 fully saturated rings. The zero-order valence-corrected chi connectivity index (χ0v) is 11.4. The Morgan fingerprint density at radius 3 is 2.74 bits per heavy atom. The molecule has 0 aliphatic heterocycles. The average Bonchev–Trinajstić information content (AvgIpc) is 2.81. The Kier molecular flexibility index (Phi) is 4.65. The number of thiazole rings is 1. The van der Waals surface area contributed by atoms with Gasteiger partial charge in [0.1, 0.15) is 5.01 Å². The van der Waals surface area contributed by atoms with E-state index in [9.17, 15) is 4.79 Å². The normalized spacial score (nSPS) is 10.6.